The van der Waals surface area contributed by atoms with Crippen LogP contribution in [0.15, 0.2) is 85.1 Å². The number of rotatable bonds is 12. The van der Waals surface area contributed by atoms with Crippen molar-refractivity contribution in [2.45, 2.75) is 63.8 Å². The van der Waals surface area contributed by atoms with Gasteiger partial charge in [-0.3, -0.25) is 18.7 Å². The summed E-state index contributed by atoms with van der Waals surface area (Å²) in [4.78, 5) is 50.8. The second-order valence-corrected chi connectivity index (χ2v) is 14.8. The maximum Gasteiger partial charge on any atom is 0.416 e. The van der Waals surface area contributed by atoms with Gasteiger partial charge >= 0.3 is 6.09 Å². The first-order valence-electron chi connectivity index (χ1n) is 15.6. The zero-order valence-corrected chi connectivity index (χ0v) is 26.8. The molecule has 6 N–H and O–H groups in total. The highest BCUT2D eigenvalue weighted by atomic mass is 31.2. The van der Waals surface area contributed by atoms with Crippen molar-refractivity contribution in [2.75, 3.05) is 6.16 Å². The third kappa shape index (κ3) is 7.41. The van der Waals surface area contributed by atoms with E-state index >= 15 is 0 Å². The monoisotopic (exact) mass is 644 g/mol. The first-order valence-corrected chi connectivity index (χ1v) is 17.5. The van der Waals surface area contributed by atoms with Crippen molar-refractivity contribution in [2.24, 2.45) is 11.1 Å². The molecule has 46 heavy (non-hydrogen) atoms. The molecule has 3 aromatic carbocycles. The lowest BCUT2D eigenvalue weighted by molar-refractivity contribution is -0.130. The highest BCUT2D eigenvalue weighted by molar-refractivity contribution is 7.58. The lowest BCUT2D eigenvalue weighted by Gasteiger charge is -2.34. The van der Waals surface area contributed by atoms with Gasteiger partial charge < -0.3 is 26.4 Å². The largest absolute Gasteiger partial charge is 0.464 e. The lowest BCUT2D eigenvalue weighted by Crippen LogP contribution is -2.47. The summed E-state index contributed by atoms with van der Waals surface area (Å²) in [5.41, 5.74) is 7.97. The number of fused-ring (bicyclic) bond motifs is 1. The molecule has 1 unspecified atom stereocenters. The van der Waals surface area contributed by atoms with Crippen LogP contribution in [-0.2, 0) is 28.7 Å². The smallest absolute Gasteiger partial charge is 0.416 e. The van der Waals surface area contributed by atoms with Crippen molar-refractivity contribution >= 4 is 36.2 Å². The van der Waals surface area contributed by atoms with Crippen molar-refractivity contribution in [3.8, 4) is 0 Å². The van der Waals surface area contributed by atoms with E-state index in [1.165, 1.54) is 4.57 Å². The minimum Gasteiger partial charge on any atom is -0.464 e. The Hall–Kier alpha value is -4.24. The van der Waals surface area contributed by atoms with Gasteiger partial charge in [-0.2, -0.15) is 0 Å². The Morgan fingerprint density at radius 2 is 1.57 bits per heavy atom. The van der Waals surface area contributed by atoms with Crippen molar-refractivity contribution < 1.29 is 28.9 Å². The summed E-state index contributed by atoms with van der Waals surface area (Å²) in [6, 6.07) is 22.8. The molecule has 1 heterocycles. The van der Waals surface area contributed by atoms with E-state index in [1.54, 1.807) is 42.6 Å². The van der Waals surface area contributed by atoms with Gasteiger partial charge in [-0.05, 0) is 61.1 Å². The third-order valence-corrected chi connectivity index (χ3v) is 11.3. The number of hydrogen-bond donors (Lipinski definition) is 5. The third-order valence-electron chi connectivity index (χ3n) is 8.98. The molecule has 1 fully saturated rings. The summed E-state index contributed by atoms with van der Waals surface area (Å²) in [5.74, 6) is -1.88. The van der Waals surface area contributed by atoms with E-state index in [0.717, 1.165) is 34.9 Å². The predicted molar refractivity (Wildman–Crippen MR) is 178 cm³/mol. The van der Waals surface area contributed by atoms with Gasteiger partial charge in [0.1, 0.15) is 5.78 Å². The Morgan fingerprint density at radius 1 is 0.913 bits per heavy atom. The molecule has 2 amide bonds. The van der Waals surface area contributed by atoms with Crippen molar-refractivity contribution in [3.63, 3.8) is 0 Å². The molecule has 10 nitrogen and oxygen atoms in total. The number of benzene rings is 3. The molecule has 0 saturated heterocycles. The molecule has 0 bridgehead atoms. The van der Waals surface area contributed by atoms with E-state index in [2.05, 4.69) is 10.6 Å². The van der Waals surface area contributed by atoms with Crippen LogP contribution in [-0.4, -0.2) is 50.5 Å². The zero-order valence-electron chi connectivity index (χ0n) is 25.9. The van der Waals surface area contributed by atoms with Crippen molar-refractivity contribution in [3.05, 3.63) is 107 Å². The maximum atomic E-state index is 14.3. The van der Waals surface area contributed by atoms with Gasteiger partial charge in [0, 0.05) is 42.3 Å². The van der Waals surface area contributed by atoms with E-state index in [-0.39, 0.29) is 24.5 Å². The Balaban J connectivity index is 1.35. The van der Waals surface area contributed by atoms with Gasteiger partial charge in [-0.15, -0.1) is 0 Å². The first-order chi connectivity index (χ1) is 22.0. The number of hydrogen-bond acceptors (Lipinski definition) is 5. The second kappa shape index (κ2) is 14.0. The molecule has 1 aromatic heterocycles. The van der Waals surface area contributed by atoms with Gasteiger partial charge in [-0.1, -0.05) is 73.5 Å². The van der Waals surface area contributed by atoms with Crippen LogP contribution in [0.2, 0.25) is 0 Å². The van der Waals surface area contributed by atoms with E-state index in [9.17, 15) is 28.9 Å². The molecule has 242 valence electrons. The molecule has 1 aliphatic rings. The molecule has 1 saturated carbocycles. The van der Waals surface area contributed by atoms with E-state index in [4.69, 9.17) is 5.73 Å². The van der Waals surface area contributed by atoms with Crippen LogP contribution in [0.4, 0.5) is 4.79 Å². The average molecular weight is 645 g/mol. The highest BCUT2D eigenvalue weighted by Gasteiger charge is 2.48. The van der Waals surface area contributed by atoms with E-state index in [1.807, 2.05) is 49.4 Å². The molecule has 4 aromatic rings. The number of aromatic nitrogens is 1. The quantitative estimate of drug-likeness (QED) is 0.127. The van der Waals surface area contributed by atoms with Crippen molar-refractivity contribution in [1.29, 1.82) is 0 Å². The topological polar surface area (TPSA) is 164 Å². The first kappa shape index (κ1) is 33.1. The van der Waals surface area contributed by atoms with Crippen LogP contribution in [0.1, 0.15) is 59.7 Å². The van der Waals surface area contributed by atoms with Crippen LogP contribution in [0, 0.1) is 5.41 Å². The number of carbonyl (C=O) groups excluding carboxylic acids is 2. The second-order valence-electron chi connectivity index (χ2n) is 12.4. The standard InChI is InChI=1S/C35H41N4O6P/c1-24(19-28-22-39(34(42)43)30-12-6-5-11-29(28)30)37-33(41)35(17-7-8-18-35)23-46(44,45)31(20-25-9-3-2-4-10-25)38-32(40)27-15-13-26(21-36)14-16-27/h2-6,9-16,22,24,31H,7-8,17-21,23,36H2,1H3,(H,37,41)(H,38,40)(H,42,43)(H,44,45)/t24-,31-/m1/s1. The molecule has 1 aliphatic carbocycles. The fourth-order valence-corrected chi connectivity index (χ4v) is 8.90. The van der Waals surface area contributed by atoms with Crippen molar-refractivity contribution in [1.82, 2.24) is 15.2 Å². The van der Waals surface area contributed by atoms with Gasteiger partial charge in [0.05, 0.1) is 10.9 Å². The number of nitrogens with one attached hydrogen (secondary N) is 2. The summed E-state index contributed by atoms with van der Waals surface area (Å²) >= 11 is 0. The summed E-state index contributed by atoms with van der Waals surface area (Å²) < 4.78 is 15.5. The normalized spacial score (nSPS) is 16.8. The Kier molecular flexibility index (Phi) is 10.1. The minimum absolute atomic E-state index is 0.128. The van der Waals surface area contributed by atoms with Crippen LogP contribution < -0.4 is 16.4 Å². The fourth-order valence-electron chi connectivity index (χ4n) is 6.54. The summed E-state index contributed by atoms with van der Waals surface area (Å²) in [7, 11) is -4.16. The number of nitrogens with zero attached hydrogens (tertiary/aromatic N) is 1. The van der Waals surface area contributed by atoms with Gasteiger partial charge in [0.2, 0.25) is 13.3 Å². The van der Waals surface area contributed by atoms with Crippen LogP contribution in [0.3, 0.4) is 0 Å². The fraction of sp³-hybridized carbons (Fsp3) is 0.343. The number of nitrogens with two attached hydrogens (primary N) is 1. The van der Waals surface area contributed by atoms with E-state index < -0.39 is 30.6 Å². The van der Waals surface area contributed by atoms with Crippen LogP contribution >= 0.6 is 7.37 Å². The number of amides is 2. The van der Waals surface area contributed by atoms with Gasteiger partial charge in [0.25, 0.3) is 5.91 Å². The highest BCUT2D eigenvalue weighted by Crippen LogP contribution is 2.55. The molecule has 0 aliphatic heterocycles. The molecular formula is C35H41N4O6P. The predicted octanol–water partition coefficient (Wildman–Crippen LogP) is 5.50. The van der Waals surface area contributed by atoms with E-state index in [0.29, 0.717) is 36.9 Å². The SMILES string of the molecule is C[C@H](Cc1cn(C(=O)O)c2ccccc12)NC(=O)C1(CP(=O)(O)[C@H](Cc2ccccc2)NC(=O)c2ccc(CN)cc2)CCCC1. The maximum absolute atomic E-state index is 14.3. The number of para-hydroxylation sites is 1. The Morgan fingerprint density at radius 3 is 2.22 bits per heavy atom. The Bertz CT molecular complexity index is 1750. The molecule has 3 atom stereocenters. The summed E-state index contributed by atoms with van der Waals surface area (Å²) in [5, 5.41) is 16.3. The van der Waals surface area contributed by atoms with Gasteiger partial charge in [-0.25, -0.2) is 4.79 Å². The Labute approximate surface area is 268 Å². The lowest BCUT2D eigenvalue weighted by atomic mass is 9.87. The summed E-state index contributed by atoms with van der Waals surface area (Å²) in [6.07, 6.45) is 3.14. The molecule has 0 radical (unpaired) electrons. The molecular weight excluding hydrogens is 603 g/mol. The number of carbonyl (C=O) groups is 3. The summed E-state index contributed by atoms with van der Waals surface area (Å²) in [6.45, 7) is 2.18. The van der Waals surface area contributed by atoms with Crippen LogP contribution in [0.5, 0.6) is 0 Å². The average Bonchev–Trinajstić information content (AvgIpc) is 3.66. The molecule has 0 spiro atoms. The zero-order chi connectivity index (χ0) is 32.9. The van der Waals surface area contributed by atoms with Gasteiger partial charge in [0.15, 0.2) is 0 Å². The number of carboxylic acid groups (broad SMARTS) is 1. The minimum atomic E-state index is -4.16. The molecule has 11 heteroatoms. The van der Waals surface area contributed by atoms with Crippen LogP contribution in [0.25, 0.3) is 10.9 Å². The molecule has 5 rings (SSSR count).